The third-order valence-corrected chi connectivity index (χ3v) is 2.44. The topological polar surface area (TPSA) is 32.3 Å². The quantitative estimate of drug-likeness (QED) is 0.704. The van der Waals surface area contributed by atoms with Gasteiger partial charge in [-0.15, -0.1) is 0 Å². The molecule has 0 atom stereocenters. The van der Waals surface area contributed by atoms with Crippen LogP contribution in [-0.2, 0) is 4.79 Å². The second kappa shape index (κ2) is 7.79. The molecule has 0 aromatic carbocycles. The predicted molar refractivity (Wildman–Crippen MR) is 64.5 cm³/mol. The minimum absolute atomic E-state index is 0.0272. The van der Waals surface area contributed by atoms with Gasteiger partial charge in [0, 0.05) is 6.42 Å². The highest BCUT2D eigenvalue weighted by molar-refractivity contribution is 5.75. The normalized spacial score (nSPS) is 14.6. The Kier molecular flexibility index (Phi) is 6.15. The second-order valence-corrected chi connectivity index (χ2v) is 3.72. The highest BCUT2D eigenvalue weighted by Crippen LogP contribution is 2.05. The molecule has 1 fully saturated rings. The molecular formula is C13H18N2O. The van der Waals surface area contributed by atoms with Crippen LogP contribution >= 0.6 is 0 Å². The Morgan fingerprint density at radius 2 is 1.94 bits per heavy atom. The van der Waals surface area contributed by atoms with Crippen molar-refractivity contribution in [3.63, 3.8) is 0 Å². The van der Waals surface area contributed by atoms with Crippen molar-refractivity contribution in [1.82, 2.24) is 10.2 Å². The average molecular weight is 218 g/mol. The Bertz CT molecular complexity index is 334. The highest BCUT2D eigenvalue weighted by atomic mass is 16.1. The van der Waals surface area contributed by atoms with Crippen molar-refractivity contribution in [1.29, 1.82) is 0 Å². The Morgan fingerprint density at radius 1 is 1.25 bits per heavy atom. The summed E-state index contributed by atoms with van der Waals surface area (Å²) < 4.78 is 0. The molecule has 3 nitrogen and oxygen atoms in total. The summed E-state index contributed by atoms with van der Waals surface area (Å²) >= 11 is 0. The lowest BCUT2D eigenvalue weighted by molar-refractivity contribution is -0.120. The molecule has 0 aliphatic carbocycles. The van der Waals surface area contributed by atoms with Gasteiger partial charge in [-0.25, -0.2) is 0 Å². The van der Waals surface area contributed by atoms with Gasteiger partial charge in [-0.05, 0) is 37.8 Å². The molecule has 1 saturated heterocycles. The van der Waals surface area contributed by atoms with E-state index < -0.39 is 0 Å². The minimum atomic E-state index is 0.0272. The lowest BCUT2D eigenvalue weighted by Gasteiger charge is -2.07. The Hall–Kier alpha value is -1.45. The van der Waals surface area contributed by atoms with Gasteiger partial charge in [0.25, 0.3) is 0 Å². The average Bonchev–Trinajstić information content (AvgIpc) is 2.80. The molecule has 86 valence electrons. The molecule has 0 unspecified atom stereocenters. The monoisotopic (exact) mass is 218 g/mol. The van der Waals surface area contributed by atoms with Crippen molar-refractivity contribution in [2.45, 2.75) is 26.2 Å². The van der Waals surface area contributed by atoms with E-state index in [9.17, 15) is 4.79 Å². The van der Waals surface area contributed by atoms with Crippen LogP contribution in [0.3, 0.4) is 0 Å². The van der Waals surface area contributed by atoms with Crippen LogP contribution in [0.1, 0.15) is 26.2 Å². The number of hydrogen-bond acceptors (Lipinski definition) is 2. The molecule has 1 aliphatic rings. The van der Waals surface area contributed by atoms with Crippen molar-refractivity contribution >= 4 is 5.91 Å². The van der Waals surface area contributed by atoms with Gasteiger partial charge < -0.3 is 5.32 Å². The van der Waals surface area contributed by atoms with E-state index in [1.165, 1.54) is 12.8 Å². The van der Waals surface area contributed by atoms with Crippen molar-refractivity contribution in [2.24, 2.45) is 0 Å². The van der Waals surface area contributed by atoms with Crippen LogP contribution in [0.15, 0.2) is 0 Å². The van der Waals surface area contributed by atoms with Crippen LogP contribution in [-0.4, -0.2) is 37.0 Å². The molecule has 0 aromatic heterocycles. The van der Waals surface area contributed by atoms with E-state index in [2.05, 4.69) is 33.9 Å². The number of amides is 1. The zero-order valence-electron chi connectivity index (χ0n) is 9.81. The number of rotatable bonds is 3. The van der Waals surface area contributed by atoms with Gasteiger partial charge >= 0.3 is 0 Å². The first-order valence-electron chi connectivity index (χ1n) is 5.77. The Labute approximate surface area is 97.6 Å². The van der Waals surface area contributed by atoms with Gasteiger partial charge in [0.1, 0.15) is 0 Å². The lowest BCUT2D eigenvalue weighted by Crippen LogP contribution is -2.22. The first-order chi connectivity index (χ1) is 7.83. The Balaban J connectivity index is 2.10. The van der Waals surface area contributed by atoms with Crippen LogP contribution < -0.4 is 5.32 Å². The molecule has 0 spiro atoms. The summed E-state index contributed by atoms with van der Waals surface area (Å²) in [5.74, 6) is 11.4. The molecule has 1 aliphatic heterocycles. The lowest BCUT2D eigenvalue weighted by atomic mass is 10.4. The summed E-state index contributed by atoms with van der Waals surface area (Å²) in [4.78, 5) is 13.2. The molecule has 1 N–H and O–H groups in total. The van der Waals surface area contributed by atoms with Crippen LogP contribution in [0, 0.1) is 23.7 Å². The maximum absolute atomic E-state index is 10.9. The van der Waals surface area contributed by atoms with E-state index in [0.717, 1.165) is 19.6 Å². The predicted octanol–water partition coefficient (Wildman–Crippen LogP) is 0.615. The molecule has 1 amide bonds. The van der Waals surface area contributed by atoms with Crippen LogP contribution in [0.2, 0.25) is 0 Å². The molecule has 1 heterocycles. The molecule has 0 aromatic rings. The van der Waals surface area contributed by atoms with E-state index in [-0.39, 0.29) is 5.91 Å². The van der Waals surface area contributed by atoms with Crippen molar-refractivity contribution < 1.29 is 4.79 Å². The third-order valence-electron chi connectivity index (χ3n) is 2.44. The largest absolute Gasteiger partial charge is 0.345 e. The number of carbonyl (C=O) groups excluding carboxylic acids is 1. The van der Waals surface area contributed by atoms with E-state index in [1.54, 1.807) is 0 Å². The fourth-order valence-corrected chi connectivity index (χ4v) is 1.49. The summed E-state index contributed by atoms with van der Waals surface area (Å²) in [6.07, 6.45) is 3.08. The Morgan fingerprint density at radius 3 is 2.62 bits per heavy atom. The molecule has 0 saturated carbocycles. The molecule has 3 heteroatoms. The fraction of sp³-hybridized carbons (Fsp3) is 0.615. The van der Waals surface area contributed by atoms with Crippen LogP contribution in [0.25, 0.3) is 0 Å². The molecule has 1 rings (SSSR count). The molecule has 16 heavy (non-hydrogen) atoms. The van der Waals surface area contributed by atoms with Crippen molar-refractivity contribution in [2.75, 3.05) is 26.2 Å². The molecule has 0 radical (unpaired) electrons. The first kappa shape index (κ1) is 12.6. The van der Waals surface area contributed by atoms with Gasteiger partial charge in [0.15, 0.2) is 0 Å². The third kappa shape index (κ3) is 5.44. The van der Waals surface area contributed by atoms with Gasteiger partial charge in [-0.1, -0.05) is 18.8 Å². The first-order valence-corrected chi connectivity index (χ1v) is 5.77. The number of nitrogens with zero attached hydrogens (tertiary/aromatic N) is 1. The minimum Gasteiger partial charge on any atom is -0.345 e. The molecule has 0 bridgehead atoms. The van der Waals surface area contributed by atoms with Gasteiger partial charge in [-0.2, -0.15) is 0 Å². The standard InChI is InChI=1S/C13H18N2O/c1-2-13(16)14-9-5-3-4-6-10-15-11-7-8-12-15/h2,7-12H2,1H3,(H,14,16). The smallest absolute Gasteiger partial charge is 0.220 e. The SMILES string of the molecule is CCC(=O)NCC#CC#CCN1CCCC1. The van der Waals surface area contributed by atoms with Crippen LogP contribution in [0.5, 0.6) is 0 Å². The summed E-state index contributed by atoms with van der Waals surface area (Å²) in [6.45, 7) is 5.35. The number of nitrogens with one attached hydrogen (secondary N) is 1. The highest BCUT2D eigenvalue weighted by Gasteiger charge is 2.08. The van der Waals surface area contributed by atoms with Gasteiger partial charge in [-0.3, -0.25) is 9.69 Å². The van der Waals surface area contributed by atoms with Crippen molar-refractivity contribution in [3.05, 3.63) is 0 Å². The number of hydrogen-bond donors (Lipinski definition) is 1. The van der Waals surface area contributed by atoms with Gasteiger partial charge in [0.05, 0.1) is 13.1 Å². The zero-order valence-corrected chi connectivity index (χ0v) is 9.81. The second-order valence-electron chi connectivity index (χ2n) is 3.72. The maximum atomic E-state index is 10.9. The maximum Gasteiger partial charge on any atom is 0.220 e. The fourth-order valence-electron chi connectivity index (χ4n) is 1.49. The zero-order chi connectivity index (χ0) is 11.6. The van der Waals surface area contributed by atoms with Gasteiger partial charge in [0.2, 0.25) is 5.91 Å². The number of likely N-dealkylation sites (tertiary alicyclic amines) is 1. The van der Waals surface area contributed by atoms with E-state index >= 15 is 0 Å². The van der Waals surface area contributed by atoms with E-state index in [4.69, 9.17) is 0 Å². The summed E-state index contributed by atoms with van der Waals surface area (Å²) in [5, 5.41) is 2.67. The van der Waals surface area contributed by atoms with E-state index in [1.807, 2.05) is 6.92 Å². The summed E-state index contributed by atoms with van der Waals surface area (Å²) in [5.41, 5.74) is 0. The summed E-state index contributed by atoms with van der Waals surface area (Å²) in [6, 6.07) is 0. The van der Waals surface area contributed by atoms with Crippen LogP contribution in [0.4, 0.5) is 0 Å². The molecular weight excluding hydrogens is 200 g/mol. The summed E-state index contributed by atoms with van der Waals surface area (Å²) in [7, 11) is 0. The van der Waals surface area contributed by atoms with E-state index in [0.29, 0.717) is 13.0 Å². The van der Waals surface area contributed by atoms with Crippen molar-refractivity contribution in [3.8, 4) is 23.7 Å². The number of carbonyl (C=O) groups is 1.